The molecule has 1 saturated heterocycles. The van der Waals surface area contributed by atoms with Gasteiger partial charge in [0, 0.05) is 23.0 Å². The van der Waals surface area contributed by atoms with E-state index < -0.39 is 0 Å². The fourth-order valence-corrected chi connectivity index (χ4v) is 6.21. The summed E-state index contributed by atoms with van der Waals surface area (Å²) in [4.78, 5) is 32.3. The summed E-state index contributed by atoms with van der Waals surface area (Å²) in [7, 11) is 0. The van der Waals surface area contributed by atoms with Crippen molar-refractivity contribution in [3.63, 3.8) is 0 Å². The van der Waals surface area contributed by atoms with Crippen LogP contribution in [-0.4, -0.2) is 42.4 Å². The van der Waals surface area contributed by atoms with E-state index in [1.54, 1.807) is 0 Å². The number of hydrogen-bond acceptors (Lipinski definition) is 4. The molecule has 1 N–H and O–H groups in total. The number of carbonyl (C=O) groups excluding carboxylic acids is 2. The molecule has 190 valence electrons. The highest BCUT2D eigenvalue weighted by molar-refractivity contribution is 8.04. The molecule has 2 heterocycles. The van der Waals surface area contributed by atoms with Gasteiger partial charge >= 0.3 is 0 Å². The van der Waals surface area contributed by atoms with Crippen molar-refractivity contribution in [1.29, 1.82) is 0 Å². The number of anilines is 1. The van der Waals surface area contributed by atoms with Gasteiger partial charge in [-0.15, -0.1) is 0 Å². The smallest absolute Gasteiger partial charge is 0.265 e. The van der Waals surface area contributed by atoms with Crippen LogP contribution in [0.4, 0.5) is 5.69 Å². The Kier molecular flexibility index (Phi) is 7.77. The number of carbonyl (C=O) groups is 2. The summed E-state index contributed by atoms with van der Waals surface area (Å²) in [6, 6.07) is 24.2. The number of likely N-dealkylation sites (N-methyl/N-ethyl adjacent to an activating group) is 1. The summed E-state index contributed by atoms with van der Waals surface area (Å²) in [6.07, 6.45) is 4.25. The molecule has 1 unspecified atom stereocenters. The van der Waals surface area contributed by atoms with E-state index in [0.717, 1.165) is 41.2 Å². The minimum Gasteiger partial charge on any atom is -0.350 e. The van der Waals surface area contributed by atoms with E-state index in [1.807, 2.05) is 59.5 Å². The lowest BCUT2D eigenvalue weighted by Gasteiger charge is -2.30. The van der Waals surface area contributed by atoms with Gasteiger partial charge in [-0.3, -0.25) is 14.5 Å². The lowest BCUT2D eigenvalue weighted by Crippen LogP contribution is -2.40. The number of likely N-dealkylation sites (tertiary alicyclic amines) is 1. The first kappa shape index (κ1) is 25.3. The van der Waals surface area contributed by atoms with Crippen molar-refractivity contribution in [2.45, 2.75) is 44.2 Å². The highest BCUT2D eigenvalue weighted by Gasteiger charge is 2.29. The molecule has 37 heavy (non-hydrogen) atoms. The Labute approximate surface area is 223 Å². The van der Waals surface area contributed by atoms with Crippen molar-refractivity contribution >= 4 is 35.3 Å². The number of benzene rings is 3. The van der Waals surface area contributed by atoms with Crippen LogP contribution < -0.4 is 10.2 Å². The number of nitrogens with zero attached hydrogens (tertiary/aromatic N) is 2. The van der Waals surface area contributed by atoms with Crippen molar-refractivity contribution in [3.8, 4) is 0 Å². The van der Waals surface area contributed by atoms with Gasteiger partial charge in [-0.05, 0) is 74.3 Å². The Morgan fingerprint density at radius 2 is 1.89 bits per heavy atom. The zero-order chi connectivity index (χ0) is 25.8. The van der Waals surface area contributed by atoms with E-state index in [-0.39, 0.29) is 11.8 Å². The molecule has 5 nitrogen and oxygen atoms in total. The number of aryl methyl sites for hydroxylation is 1. The normalized spacial score (nSPS) is 18.8. The van der Waals surface area contributed by atoms with Gasteiger partial charge in [0.15, 0.2) is 0 Å². The highest BCUT2D eigenvalue weighted by Crippen LogP contribution is 2.42. The summed E-state index contributed by atoms with van der Waals surface area (Å²) < 4.78 is 0. The van der Waals surface area contributed by atoms with E-state index in [1.165, 1.54) is 23.7 Å². The molecule has 3 aromatic carbocycles. The molecular formula is C31H33N3O2S. The maximum Gasteiger partial charge on any atom is 0.265 e. The first-order chi connectivity index (χ1) is 18.0. The van der Waals surface area contributed by atoms with E-state index in [0.29, 0.717) is 29.6 Å². The number of amides is 2. The zero-order valence-electron chi connectivity index (χ0n) is 21.4. The maximum atomic E-state index is 13.6. The topological polar surface area (TPSA) is 52.7 Å². The van der Waals surface area contributed by atoms with Gasteiger partial charge in [0.1, 0.15) is 0 Å². The lowest BCUT2D eigenvalue weighted by atomic mass is 10.1. The fourth-order valence-electron chi connectivity index (χ4n) is 5.15. The average Bonchev–Trinajstić information content (AvgIpc) is 3.38. The number of rotatable bonds is 7. The summed E-state index contributed by atoms with van der Waals surface area (Å²) in [5, 5.41) is 3.10. The maximum absolute atomic E-state index is 13.6. The van der Waals surface area contributed by atoms with Crippen molar-refractivity contribution in [1.82, 2.24) is 10.2 Å². The molecule has 0 spiro atoms. The van der Waals surface area contributed by atoms with E-state index in [9.17, 15) is 9.59 Å². The molecule has 6 heteroatoms. The molecule has 2 aliphatic rings. The molecule has 0 bridgehead atoms. The summed E-state index contributed by atoms with van der Waals surface area (Å²) >= 11 is 1.50. The Morgan fingerprint density at radius 3 is 2.68 bits per heavy atom. The first-order valence-electron chi connectivity index (χ1n) is 13.0. The quantitative estimate of drug-likeness (QED) is 0.402. The Morgan fingerprint density at radius 1 is 1.08 bits per heavy atom. The van der Waals surface area contributed by atoms with Gasteiger partial charge in [0.25, 0.3) is 11.8 Å². The Bertz CT molecular complexity index is 1320. The van der Waals surface area contributed by atoms with Crippen molar-refractivity contribution in [2.75, 3.05) is 24.5 Å². The molecule has 2 aliphatic heterocycles. The van der Waals surface area contributed by atoms with Crippen LogP contribution in [0.15, 0.2) is 82.6 Å². The van der Waals surface area contributed by atoms with Gasteiger partial charge in [0.05, 0.1) is 17.1 Å². The molecule has 1 atom stereocenters. The Balaban J connectivity index is 1.31. The summed E-state index contributed by atoms with van der Waals surface area (Å²) in [6.45, 7) is 7.57. The molecule has 0 saturated carbocycles. The van der Waals surface area contributed by atoms with Gasteiger partial charge in [-0.2, -0.15) is 0 Å². The predicted molar refractivity (Wildman–Crippen MR) is 152 cm³/mol. The largest absolute Gasteiger partial charge is 0.350 e. The van der Waals surface area contributed by atoms with Crippen molar-refractivity contribution in [3.05, 3.63) is 100.0 Å². The van der Waals surface area contributed by atoms with Crippen molar-refractivity contribution in [2.24, 2.45) is 0 Å². The molecule has 0 radical (unpaired) electrons. The van der Waals surface area contributed by atoms with Crippen LogP contribution in [0.3, 0.4) is 0 Å². The zero-order valence-corrected chi connectivity index (χ0v) is 22.3. The van der Waals surface area contributed by atoms with E-state index in [4.69, 9.17) is 0 Å². The van der Waals surface area contributed by atoms with Gasteiger partial charge in [-0.1, -0.05) is 72.8 Å². The SMILES string of the molecule is CCN1CCCC1CNC(=O)c1ccc(/C=C2\Sc3ccccc3N(Cc3cccc(C)c3)C2=O)cc1. The van der Waals surface area contributed by atoms with E-state index in [2.05, 4.69) is 48.3 Å². The molecule has 0 aromatic heterocycles. The second-order valence-electron chi connectivity index (χ2n) is 9.72. The van der Waals surface area contributed by atoms with Crippen LogP contribution in [-0.2, 0) is 11.3 Å². The number of thioether (sulfide) groups is 1. The standard InChI is InChI=1S/C31H33N3O2S/c1-3-33-17-7-10-26(33)20-32-30(35)25-15-13-23(14-16-25)19-29-31(36)34(21-24-9-6-8-22(2)18-24)27-11-4-5-12-28(27)37-29/h4-6,8-9,11-16,18-19,26H,3,7,10,17,20-21H2,1-2H3,(H,32,35)/b29-19-. The van der Waals surface area contributed by atoms with Gasteiger partial charge in [0.2, 0.25) is 0 Å². The van der Waals surface area contributed by atoms with Crippen LogP contribution in [0.25, 0.3) is 6.08 Å². The summed E-state index contributed by atoms with van der Waals surface area (Å²) in [5.74, 6) is -0.0624. The Hall–Kier alpha value is -3.35. The number of para-hydroxylation sites is 1. The van der Waals surface area contributed by atoms with Crippen LogP contribution in [0.5, 0.6) is 0 Å². The monoisotopic (exact) mass is 511 g/mol. The molecular weight excluding hydrogens is 478 g/mol. The summed E-state index contributed by atoms with van der Waals surface area (Å²) in [5.41, 5.74) is 4.75. The third-order valence-corrected chi connectivity index (χ3v) is 8.21. The van der Waals surface area contributed by atoms with Crippen LogP contribution in [0, 0.1) is 6.92 Å². The molecule has 0 aliphatic carbocycles. The fraction of sp³-hybridized carbons (Fsp3) is 0.290. The van der Waals surface area contributed by atoms with Crippen LogP contribution in [0.1, 0.15) is 46.8 Å². The van der Waals surface area contributed by atoms with Crippen molar-refractivity contribution < 1.29 is 9.59 Å². The molecule has 2 amide bonds. The minimum absolute atomic E-state index is 0.0101. The predicted octanol–water partition coefficient (Wildman–Crippen LogP) is 5.89. The molecule has 5 rings (SSSR count). The van der Waals surface area contributed by atoms with Crippen LogP contribution in [0.2, 0.25) is 0 Å². The third kappa shape index (κ3) is 5.81. The molecule has 3 aromatic rings. The molecule has 1 fully saturated rings. The van der Waals surface area contributed by atoms with Crippen LogP contribution >= 0.6 is 11.8 Å². The second kappa shape index (κ2) is 11.4. The average molecular weight is 512 g/mol. The van der Waals surface area contributed by atoms with E-state index >= 15 is 0 Å². The van der Waals surface area contributed by atoms with Gasteiger partial charge in [-0.25, -0.2) is 0 Å². The lowest BCUT2D eigenvalue weighted by molar-refractivity contribution is -0.114. The minimum atomic E-state index is -0.0523. The number of hydrogen-bond donors (Lipinski definition) is 1. The second-order valence-corrected chi connectivity index (χ2v) is 10.8. The highest BCUT2D eigenvalue weighted by atomic mass is 32.2. The first-order valence-corrected chi connectivity index (χ1v) is 13.8. The van der Waals surface area contributed by atoms with Gasteiger partial charge < -0.3 is 10.2 Å². The third-order valence-electron chi connectivity index (χ3n) is 7.13. The number of fused-ring (bicyclic) bond motifs is 1. The number of nitrogens with one attached hydrogen (secondary N) is 1.